The number of carboxylic acid groups (broad SMARTS) is 1. The Balaban J connectivity index is 2.58. The van der Waals surface area contributed by atoms with E-state index in [1.54, 1.807) is 10.7 Å². The zero-order chi connectivity index (χ0) is 13.3. The second-order valence-corrected chi connectivity index (χ2v) is 4.60. The summed E-state index contributed by atoms with van der Waals surface area (Å²) in [4.78, 5) is 10.9. The van der Waals surface area contributed by atoms with Gasteiger partial charge in [0.2, 0.25) is 0 Å². The standard InChI is InChI=1S/C14H16N2O2/c1-9(2)11-6-4-5-7-13(11)16-10(3)8-12(15-16)14(17)18/h4-9H,1-3H3,(H,17,18). The lowest BCUT2D eigenvalue weighted by atomic mass is 10.0. The Morgan fingerprint density at radius 3 is 2.56 bits per heavy atom. The predicted molar refractivity (Wildman–Crippen MR) is 69.3 cm³/mol. The van der Waals surface area contributed by atoms with E-state index < -0.39 is 5.97 Å². The molecule has 2 aromatic rings. The van der Waals surface area contributed by atoms with Gasteiger partial charge in [-0.15, -0.1) is 0 Å². The zero-order valence-electron chi connectivity index (χ0n) is 10.7. The molecule has 1 aromatic heterocycles. The third-order valence-corrected chi connectivity index (χ3v) is 2.89. The molecule has 2 rings (SSSR count). The maximum absolute atomic E-state index is 10.9. The summed E-state index contributed by atoms with van der Waals surface area (Å²) in [5.41, 5.74) is 2.99. The van der Waals surface area contributed by atoms with Crippen LogP contribution in [0, 0.1) is 6.92 Å². The van der Waals surface area contributed by atoms with Gasteiger partial charge >= 0.3 is 5.97 Å². The van der Waals surface area contributed by atoms with Gasteiger partial charge in [-0.25, -0.2) is 9.48 Å². The Bertz CT molecular complexity index is 585. The molecule has 94 valence electrons. The maximum Gasteiger partial charge on any atom is 0.356 e. The monoisotopic (exact) mass is 244 g/mol. The van der Waals surface area contributed by atoms with Crippen molar-refractivity contribution in [3.8, 4) is 5.69 Å². The van der Waals surface area contributed by atoms with Crippen molar-refractivity contribution in [2.75, 3.05) is 0 Å². The van der Waals surface area contributed by atoms with E-state index in [2.05, 4.69) is 18.9 Å². The normalized spacial score (nSPS) is 10.9. The third-order valence-electron chi connectivity index (χ3n) is 2.89. The number of hydrogen-bond acceptors (Lipinski definition) is 2. The minimum absolute atomic E-state index is 0.0751. The van der Waals surface area contributed by atoms with Crippen molar-refractivity contribution in [1.29, 1.82) is 0 Å². The first-order valence-corrected chi connectivity index (χ1v) is 5.90. The van der Waals surface area contributed by atoms with Crippen molar-refractivity contribution in [2.24, 2.45) is 0 Å². The number of aromatic nitrogens is 2. The van der Waals surface area contributed by atoms with Crippen molar-refractivity contribution in [3.63, 3.8) is 0 Å². The average Bonchev–Trinajstić information content (AvgIpc) is 2.71. The van der Waals surface area contributed by atoms with E-state index in [4.69, 9.17) is 5.11 Å². The molecule has 0 saturated heterocycles. The lowest BCUT2D eigenvalue weighted by molar-refractivity contribution is 0.0690. The van der Waals surface area contributed by atoms with Crippen molar-refractivity contribution in [1.82, 2.24) is 9.78 Å². The highest BCUT2D eigenvalue weighted by molar-refractivity contribution is 5.85. The second kappa shape index (κ2) is 4.64. The molecule has 0 aliphatic heterocycles. The molecular weight excluding hydrogens is 228 g/mol. The van der Waals surface area contributed by atoms with Crippen LogP contribution in [0.3, 0.4) is 0 Å². The Hall–Kier alpha value is -2.10. The van der Waals surface area contributed by atoms with Crippen LogP contribution in [0.5, 0.6) is 0 Å². The summed E-state index contributed by atoms with van der Waals surface area (Å²) in [5.74, 6) is -0.642. The summed E-state index contributed by atoms with van der Waals surface area (Å²) in [6, 6.07) is 9.50. The summed E-state index contributed by atoms with van der Waals surface area (Å²) >= 11 is 0. The number of para-hydroxylation sites is 1. The first-order valence-electron chi connectivity index (χ1n) is 5.90. The molecule has 18 heavy (non-hydrogen) atoms. The number of aryl methyl sites for hydroxylation is 1. The molecule has 1 aromatic carbocycles. The van der Waals surface area contributed by atoms with E-state index in [1.807, 2.05) is 31.2 Å². The summed E-state index contributed by atoms with van der Waals surface area (Å²) in [5, 5.41) is 13.1. The molecule has 0 aliphatic carbocycles. The van der Waals surface area contributed by atoms with Crippen LogP contribution in [0.1, 0.15) is 41.5 Å². The van der Waals surface area contributed by atoms with Crippen LogP contribution < -0.4 is 0 Å². The predicted octanol–water partition coefficient (Wildman–Crippen LogP) is 3.00. The van der Waals surface area contributed by atoms with Gasteiger partial charge in [0.1, 0.15) is 0 Å². The molecular formula is C14H16N2O2. The Labute approximate surface area is 106 Å². The van der Waals surface area contributed by atoms with Crippen LogP contribution in [-0.2, 0) is 0 Å². The van der Waals surface area contributed by atoms with Gasteiger partial charge in [-0.05, 0) is 30.5 Å². The highest BCUT2D eigenvalue weighted by atomic mass is 16.4. The fraction of sp³-hybridized carbons (Fsp3) is 0.286. The van der Waals surface area contributed by atoms with Crippen molar-refractivity contribution in [2.45, 2.75) is 26.7 Å². The number of carboxylic acids is 1. The number of nitrogens with zero attached hydrogens (tertiary/aromatic N) is 2. The van der Waals surface area contributed by atoms with Gasteiger partial charge in [-0.2, -0.15) is 5.10 Å². The van der Waals surface area contributed by atoms with E-state index >= 15 is 0 Å². The Kier molecular flexibility index (Phi) is 3.19. The first-order chi connectivity index (χ1) is 8.50. The lowest BCUT2D eigenvalue weighted by Crippen LogP contribution is -2.06. The van der Waals surface area contributed by atoms with Crippen molar-refractivity contribution < 1.29 is 9.90 Å². The molecule has 4 nitrogen and oxygen atoms in total. The number of benzene rings is 1. The molecule has 0 aliphatic rings. The smallest absolute Gasteiger partial charge is 0.356 e. The van der Waals surface area contributed by atoms with Crippen LogP contribution in [0.4, 0.5) is 0 Å². The molecule has 0 spiro atoms. The van der Waals surface area contributed by atoms with Crippen LogP contribution in [-0.4, -0.2) is 20.9 Å². The maximum atomic E-state index is 10.9. The molecule has 0 fully saturated rings. The number of aromatic carboxylic acids is 1. The minimum Gasteiger partial charge on any atom is -0.476 e. The fourth-order valence-corrected chi connectivity index (χ4v) is 1.99. The quantitative estimate of drug-likeness (QED) is 0.903. The number of hydrogen-bond donors (Lipinski definition) is 1. The molecule has 0 amide bonds. The van der Waals surface area contributed by atoms with Gasteiger partial charge in [0.05, 0.1) is 5.69 Å². The summed E-state index contributed by atoms with van der Waals surface area (Å²) in [7, 11) is 0. The van der Waals surface area contributed by atoms with E-state index in [0.717, 1.165) is 16.9 Å². The summed E-state index contributed by atoms with van der Waals surface area (Å²) in [6.07, 6.45) is 0. The van der Waals surface area contributed by atoms with Crippen molar-refractivity contribution >= 4 is 5.97 Å². The van der Waals surface area contributed by atoms with Gasteiger partial charge in [-0.1, -0.05) is 32.0 Å². The molecule has 4 heteroatoms. The summed E-state index contributed by atoms with van der Waals surface area (Å²) < 4.78 is 1.69. The molecule has 0 unspecified atom stereocenters. The van der Waals surface area contributed by atoms with Gasteiger partial charge in [0, 0.05) is 5.69 Å². The van der Waals surface area contributed by atoms with Crippen LogP contribution in [0.2, 0.25) is 0 Å². The largest absolute Gasteiger partial charge is 0.476 e. The Morgan fingerprint density at radius 1 is 1.33 bits per heavy atom. The van der Waals surface area contributed by atoms with Crippen LogP contribution in [0.15, 0.2) is 30.3 Å². The van der Waals surface area contributed by atoms with Gasteiger partial charge in [0.15, 0.2) is 5.69 Å². The molecule has 0 bridgehead atoms. The van der Waals surface area contributed by atoms with Gasteiger partial charge in [0.25, 0.3) is 0 Å². The van der Waals surface area contributed by atoms with Crippen molar-refractivity contribution in [3.05, 3.63) is 47.3 Å². The third kappa shape index (κ3) is 2.14. The van der Waals surface area contributed by atoms with E-state index in [9.17, 15) is 4.79 Å². The fourth-order valence-electron chi connectivity index (χ4n) is 1.99. The SMILES string of the molecule is Cc1cc(C(=O)O)nn1-c1ccccc1C(C)C. The number of rotatable bonds is 3. The first kappa shape index (κ1) is 12.4. The molecule has 0 atom stereocenters. The van der Waals surface area contributed by atoms with Gasteiger partial charge < -0.3 is 5.11 Å². The van der Waals surface area contributed by atoms with Crippen LogP contribution in [0.25, 0.3) is 5.69 Å². The molecule has 1 N–H and O–H groups in total. The molecule has 0 saturated carbocycles. The Morgan fingerprint density at radius 2 is 2.00 bits per heavy atom. The highest BCUT2D eigenvalue weighted by Crippen LogP contribution is 2.23. The summed E-state index contributed by atoms with van der Waals surface area (Å²) in [6.45, 7) is 6.07. The zero-order valence-corrected chi connectivity index (χ0v) is 10.7. The molecule has 1 heterocycles. The second-order valence-electron chi connectivity index (χ2n) is 4.60. The van der Waals surface area contributed by atoms with E-state index in [1.165, 1.54) is 0 Å². The molecule has 0 radical (unpaired) electrons. The van der Waals surface area contributed by atoms with E-state index in [0.29, 0.717) is 5.92 Å². The van der Waals surface area contributed by atoms with Crippen LogP contribution >= 0.6 is 0 Å². The highest BCUT2D eigenvalue weighted by Gasteiger charge is 2.14. The lowest BCUT2D eigenvalue weighted by Gasteiger charge is -2.13. The topological polar surface area (TPSA) is 55.1 Å². The average molecular weight is 244 g/mol. The van der Waals surface area contributed by atoms with Gasteiger partial charge in [-0.3, -0.25) is 0 Å². The number of carbonyl (C=O) groups is 1. The van der Waals surface area contributed by atoms with E-state index in [-0.39, 0.29) is 5.69 Å². The minimum atomic E-state index is -1.00.